The number of hydrogen-bond donors (Lipinski definition) is 1. The molecule has 1 aromatic heterocycles. The highest BCUT2D eigenvalue weighted by molar-refractivity contribution is 5.75. The summed E-state index contributed by atoms with van der Waals surface area (Å²) < 4.78 is 1.87. The van der Waals surface area contributed by atoms with Crippen molar-refractivity contribution >= 4 is 5.97 Å². The van der Waals surface area contributed by atoms with Gasteiger partial charge in [0, 0.05) is 24.8 Å². The fraction of sp³-hybridized carbons (Fsp3) is 0.600. The molecule has 1 fully saturated rings. The number of carbonyl (C=O) groups is 1. The summed E-state index contributed by atoms with van der Waals surface area (Å²) in [5.41, 5.74) is 0.775. The number of rotatable bonds is 3. The zero-order chi connectivity index (χ0) is 11.0. The lowest BCUT2D eigenvalue weighted by atomic mass is 10.1. The minimum absolute atomic E-state index is 0.407. The topological polar surface area (TPSA) is 58.4 Å². The van der Waals surface area contributed by atoms with Crippen LogP contribution in [-0.4, -0.2) is 45.9 Å². The van der Waals surface area contributed by atoms with Crippen molar-refractivity contribution in [3.05, 3.63) is 18.0 Å². The molecule has 2 heterocycles. The summed E-state index contributed by atoms with van der Waals surface area (Å²) in [5, 5.41) is 13.1. The lowest BCUT2D eigenvalue weighted by Gasteiger charge is -2.36. The number of hydrogen-bond acceptors (Lipinski definition) is 3. The highest BCUT2D eigenvalue weighted by Crippen LogP contribution is 2.21. The Morgan fingerprint density at radius 1 is 1.67 bits per heavy atom. The molecule has 0 saturated carbocycles. The van der Waals surface area contributed by atoms with Crippen molar-refractivity contribution < 1.29 is 9.90 Å². The van der Waals surface area contributed by atoms with E-state index < -0.39 is 11.9 Å². The first-order valence-corrected chi connectivity index (χ1v) is 5.03. The molecule has 82 valence electrons. The molecule has 0 bridgehead atoms. The Kier molecular flexibility index (Phi) is 2.48. The second-order valence-electron chi connectivity index (χ2n) is 4.19. The summed E-state index contributed by atoms with van der Waals surface area (Å²) in [7, 11) is 2.06. The quantitative estimate of drug-likeness (QED) is 0.790. The summed E-state index contributed by atoms with van der Waals surface area (Å²) in [4.78, 5) is 13.0. The number of nitrogens with zero attached hydrogens (tertiary/aromatic N) is 3. The molecule has 5 heteroatoms. The predicted molar refractivity (Wildman–Crippen MR) is 54.8 cm³/mol. The monoisotopic (exact) mass is 209 g/mol. The van der Waals surface area contributed by atoms with Crippen molar-refractivity contribution in [3.63, 3.8) is 0 Å². The maximum absolute atomic E-state index is 10.8. The summed E-state index contributed by atoms with van der Waals surface area (Å²) in [6, 6.07) is 0.407. The van der Waals surface area contributed by atoms with Gasteiger partial charge in [0.05, 0.1) is 18.2 Å². The van der Waals surface area contributed by atoms with E-state index in [1.165, 1.54) is 0 Å². The van der Waals surface area contributed by atoms with Gasteiger partial charge in [-0.15, -0.1) is 0 Å². The molecule has 0 aliphatic carbocycles. The van der Waals surface area contributed by atoms with Gasteiger partial charge in [-0.1, -0.05) is 0 Å². The Morgan fingerprint density at radius 2 is 2.33 bits per heavy atom. The SMILES string of the molecule is CC(C(=O)O)c1cnn(C2CN(C)C2)c1. The van der Waals surface area contributed by atoms with E-state index in [9.17, 15) is 4.79 Å². The van der Waals surface area contributed by atoms with Gasteiger partial charge in [0.1, 0.15) is 0 Å². The Balaban J connectivity index is 2.07. The first-order chi connectivity index (χ1) is 7.08. The van der Waals surface area contributed by atoms with Crippen LogP contribution in [0.3, 0.4) is 0 Å². The van der Waals surface area contributed by atoms with E-state index in [1.807, 2.05) is 10.9 Å². The summed E-state index contributed by atoms with van der Waals surface area (Å²) in [5.74, 6) is -1.28. The molecule has 1 N–H and O–H groups in total. The predicted octanol–water partition coefficient (Wildman–Crippen LogP) is 0.558. The van der Waals surface area contributed by atoms with Crippen LogP contribution in [0.15, 0.2) is 12.4 Å². The molecule has 0 amide bonds. The first kappa shape index (κ1) is 10.2. The highest BCUT2D eigenvalue weighted by atomic mass is 16.4. The van der Waals surface area contributed by atoms with Crippen LogP contribution in [0.5, 0.6) is 0 Å². The van der Waals surface area contributed by atoms with Crippen LogP contribution in [0.4, 0.5) is 0 Å². The molecule has 1 unspecified atom stereocenters. The van der Waals surface area contributed by atoms with Gasteiger partial charge in [-0.05, 0) is 14.0 Å². The van der Waals surface area contributed by atoms with Gasteiger partial charge in [0.25, 0.3) is 0 Å². The van der Waals surface area contributed by atoms with Gasteiger partial charge in [0.2, 0.25) is 0 Å². The van der Waals surface area contributed by atoms with E-state index in [0.717, 1.165) is 18.7 Å². The third-order valence-corrected chi connectivity index (χ3v) is 2.91. The van der Waals surface area contributed by atoms with E-state index in [2.05, 4.69) is 17.0 Å². The number of likely N-dealkylation sites (tertiary alicyclic amines) is 1. The fourth-order valence-electron chi connectivity index (χ4n) is 1.75. The Hall–Kier alpha value is -1.36. The minimum Gasteiger partial charge on any atom is -0.481 e. The molecule has 0 spiro atoms. The van der Waals surface area contributed by atoms with Gasteiger partial charge in [-0.25, -0.2) is 0 Å². The van der Waals surface area contributed by atoms with Crippen molar-refractivity contribution in [1.29, 1.82) is 0 Å². The minimum atomic E-state index is -0.805. The first-order valence-electron chi connectivity index (χ1n) is 5.03. The van der Waals surface area contributed by atoms with Crippen LogP contribution in [0.1, 0.15) is 24.4 Å². The van der Waals surface area contributed by atoms with Crippen molar-refractivity contribution in [1.82, 2.24) is 14.7 Å². The number of aromatic nitrogens is 2. The van der Waals surface area contributed by atoms with Crippen molar-refractivity contribution in [2.75, 3.05) is 20.1 Å². The third kappa shape index (κ3) is 1.87. The molecule has 1 aliphatic heterocycles. The molecular formula is C10H15N3O2. The van der Waals surface area contributed by atoms with Crippen LogP contribution >= 0.6 is 0 Å². The summed E-state index contributed by atoms with van der Waals surface area (Å²) in [6.45, 7) is 3.65. The van der Waals surface area contributed by atoms with Gasteiger partial charge >= 0.3 is 5.97 Å². The van der Waals surface area contributed by atoms with E-state index in [-0.39, 0.29) is 0 Å². The molecule has 15 heavy (non-hydrogen) atoms. The largest absolute Gasteiger partial charge is 0.481 e. The number of likely N-dealkylation sites (N-methyl/N-ethyl adjacent to an activating group) is 1. The number of carboxylic acids is 1. The molecule has 1 aliphatic rings. The van der Waals surface area contributed by atoms with Crippen molar-refractivity contribution in [2.24, 2.45) is 0 Å². The lowest BCUT2D eigenvalue weighted by molar-refractivity contribution is -0.138. The van der Waals surface area contributed by atoms with Crippen LogP contribution in [-0.2, 0) is 4.79 Å². The van der Waals surface area contributed by atoms with Crippen molar-refractivity contribution in [3.8, 4) is 0 Å². The van der Waals surface area contributed by atoms with E-state index in [4.69, 9.17) is 5.11 Å². The average Bonchev–Trinajstić information content (AvgIpc) is 2.60. The van der Waals surface area contributed by atoms with Crippen molar-refractivity contribution in [2.45, 2.75) is 18.9 Å². The van der Waals surface area contributed by atoms with E-state index in [1.54, 1.807) is 13.1 Å². The Morgan fingerprint density at radius 3 is 2.87 bits per heavy atom. The standard InChI is InChI=1S/C10H15N3O2/c1-7(10(14)15)8-3-11-13(4-8)9-5-12(2)6-9/h3-4,7,9H,5-6H2,1-2H3,(H,14,15). The van der Waals surface area contributed by atoms with E-state index in [0.29, 0.717) is 6.04 Å². The second kappa shape index (κ2) is 3.66. The summed E-state index contributed by atoms with van der Waals surface area (Å²) >= 11 is 0. The molecule has 1 saturated heterocycles. The number of carboxylic acid groups (broad SMARTS) is 1. The van der Waals surface area contributed by atoms with Gasteiger partial charge < -0.3 is 10.0 Å². The maximum atomic E-state index is 10.8. The third-order valence-electron chi connectivity index (χ3n) is 2.91. The zero-order valence-electron chi connectivity index (χ0n) is 8.92. The fourth-order valence-corrected chi connectivity index (χ4v) is 1.75. The zero-order valence-corrected chi connectivity index (χ0v) is 8.92. The van der Waals surface area contributed by atoms with Crippen LogP contribution in [0.2, 0.25) is 0 Å². The number of aliphatic carboxylic acids is 1. The van der Waals surface area contributed by atoms with Crippen LogP contribution in [0, 0.1) is 0 Å². The molecule has 0 radical (unpaired) electrons. The second-order valence-corrected chi connectivity index (χ2v) is 4.19. The highest BCUT2D eigenvalue weighted by Gasteiger charge is 2.26. The maximum Gasteiger partial charge on any atom is 0.310 e. The van der Waals surface area contributed by atoms with Gasteiger partial charge in [-0.2, -0.15) is 5.10 Å². The smallest absolute Gasteiger partial charge is 0.310 e. The molecule has 1 atom stereocenters. The van der Waals surface area contributed by atoms with Crippen LogP contribution < -0.4 is 0 Å². The van der Waals surface area contributed by atoms with Crippen LogP contribution in [0.25, 0.3) is 0 Å². The van der Waals surface area contributed by atoms with Gasteiger partial charge in [-0.3, -0.25) is 9.48 Å². The van der Waals surface area contributed by atoms with Gasteiger partial charge in [0.15, 0.2) is 0 Å². The average molecular weight is 209 g/mol. The molecule has 2 rings (SSSR count). The Bertz CT molecular complexity index is 368. The molecule has 5 nitrogen and oxygen atoms in total. The normalized spacial score (nSPS) is 19.9. The lowest BCUT2D eigenvalue weighted by Crippen LogP contribution is -2.45. The summed E-state index contributed by atoms with van der Waals surface area (Å²) in [6.07, 6.45) is 3.49. The molecular weight excluding hydrogens is 194 g/mol. The molecule has 0 aromatic carbocycles. The van der Waals surface area contributed by atoms with E-state index >= 15 is 0 Å². The Labute approximate surface area is 88.3 Å². The molecule has 1 aromatic rings.